The molecule has 0 saturated carbocycles. The normalized spacial score (nSPS) is 12.9. The highest BCUT2D eigenvalue weighted by molar-refractivity contribution is 5.82. The fourth-order valence-electron chi connectivity index (χ4n) is 3.12. The van der Waals surface area contributed by atoms with E-state index in [4.69, 9.17) is 5.73 Å². The first-order valence-corrected chi connectivity index (χ1v) is 9.18. The minimum Gasteiger partial charge on any atom is -0.336 e. The lowest BCUT2D eigenvalue weighted by Crippen LogP contribution is -2.50. The summed E-state index contributed by atoms with van der Waals surface area (Å²) >= 11 is 0. The molecule has 1 aromatic rings. The van der Waals surface area contributed by atoms with Gasteiger partial charge in [-0.15, -0.1) is 0 Å². The van der Waals surface area contributed by atoms with Crippen molar-refractivity contribution in [3.05, 3.63) is 35.4 Å². The van der Waals surface area contributed by atoms with Crippen LogP contribution in [0, 0.1) is 0 Å². The van der Waals surface area contributed by atoms with Crippen LogP contribution in [0.15, 0.2) is 24.3 Å². The van der Waals surface area contributed by atoms with E-state index in [0.29, 0.717) is 6.42 Å². The summed E-state index contributed by atoms with van der Waals surface area (Å²) in [7, 11) is 0. The molecular formula is C20H35N3O. The number of rotatable bonds is 9. The molecule has 1 rings (SSSR count). The largest absolute Gasteiger partial charge is 0.336 e. The topological polar surface area (TPSA) is 49.6 Å². The Balaban J connectivity index is 2.70. The lowest BCUT2D eigenvalue weighted by atomic mass is 10.0. The average molecular weight is 334 g/mol. The molecule has 136 valence electrons. The molecule has 0 aliphatic heterocycles. The third-order valence-corrected chi connectivity index (χ3v) is 4.46. The van der Waals surface area contributed by atoms with Gasteiger partial charge in [-0.3, -0.25) is 9.69 Å². The van der Waals surface area contributed by atoms with E-state index in [2.05, 4.69) is 43.0 Å². The summed E-state index contributed by atoms with van der Waals surface area (Å²) in [5.41, 5.74) is 8.60. The molecule has 0 spiro atoms. The highest BCUT2D eigenvalue weighted by Crippen LogP contribution is 2.12. The zero-order valence-corrected chi connectivity index (χ0v) is 16.2. The van der Waals surface area contributed by atoms with Crippen molar-refractivity contribution in [2.45, 2.75) is 72.6 Å². The van der Waals surface area contributed by atoms with Crippen LogP contribution in [-0.2, 0) is 17.8 Å². The number of hydrogen-bond donors (Lipinski definition) is 1. The first-order valence-electron chi connectivity index (χ1n) is 9.18. The number of nitrogens with zero attached hydrogens (tertiary/aromatic N) is 2. The molecule has 1 unspecified atom stereocenters. The Morgan fingerprint density at radius 1 is 0.958 bits per heavy atom. The first kappa shape index (κ1) is 20.7. The summed E-state index contributed by atoms with van der Waals surface area (Å²) in [5, 5.41) is 0. The van der Waals surface area contributed by atoms with Crippen molar-refractivity contribution in [3.63, 3.8) is 0 Å². The second kappa shape index (κ2) is 9.80. The van der Waals surface area contributed by atoms with E-state index < -0.39 is 6.04 Å². The van der Waals surface area contributed by atoms with E-state index in [9.17, 15) is 4.79 Å². The van der Waals surface area contributed by atoms with Gasteiger partial charge in [0.25, 0.3) is 0 Å². The van der Waals surface area contributed by atoms with Gasteiger partial charge in [-0.05, 0) is 58.3 Å². The number of benzene rings is 1. The van der Waals surface area contributed by atoms with E-state index in [1.807, 2.05) is 32.6 Å². The molecule has 1 aromatic carbocycles. The van der Waals surface area contributed by atoms with Crippen LogP contribution in [-0.4, -0.2) is 46.9 Å². The van der Waals surface area contributed by atoms with Crippen molar-refractivity contribution in [1.29, 1.82) is 0 Å². The van der Waals surface area contributed by atoms with Gasteiger partial charge >= 0.3 is 0 Å². The molecule has 24 heavy (non-hydrogen) atoms. The molecule has 0 bridgehead atoms. The van der Waals surface area contributed by atoms with Crippen LogP contribution >= 0.6 is 0 Å². The lowest BCUT2D eigenvalue weighted by molar-refractivity contribution is -0.136. The summed E-state index contributed by atoms with van der Waals surface area (Å²) in [6, 6.07) is 8.34. The van der Waals surface area contributed by atoms with Crippen LogP contribution in [0.25, 0.3) is 0 Å². The number of amides is 1. The van der Waals surface area contributed by atoms with Crippen molar-refractivity contribution in [2.75, 3.05) is 13.1 Å². The molecule has 1 atom stereocenters. The van der Waals surface area contributed by atoms with Gasteiger partial charge < -0.3 is 10.6 Å². The Morgan fingerprint density at radius 3 is 1.83 bits per heavy atom. The highest BCUT2D eigenvalue weighted by Gasteiger charge is 2.25. The molecule has 2 N–H and O–H groups in total. The van der Waals surface area contributed by atoms with Gasteiger partial charge in [0.15, 0.2) is 0 Å². The highest BCUT2D eigenvalue weighted by atomic mass is 16.2. The molecule has 0 aromatic heterocycles. The predicted octanol–water partition coefficient (Wildman–Crippen LogP) is 3.04. The van der Waals surface area contributed by atoms with Gasteiger partial charge in [-0.25, -0.2) is 0 Å². The molecule has 0 fully saturated rings. The number of nitrogens with two attached hydrogens (primary N) is 1. The SMILES string of the molecule is CCN(CC)Cc1ccc(CC(N)C(=O)N(C(C)C)C(C)C)cc1. The van der Waals surface area contributed by atoms with Gasteiger partial charge in [0.05, 0.1) is 6.04 Å². The molecule has 0 heterocycles. The Kier molecular flexibility index (Phi) is 8.43. The van der Waals surface area contributed by atoms with Gasteiger partial charge in [0.2, 0.25) is 5.91 Å². The van der Waals surface area contributed by atoms with Crippen LogP contribution < -0.4 is 5.73 Å². The Bertz CT molecular complexity index is 484. The maximum atomic E-state index is 12.6. The average Bonchev–Trinajstić information content (AvgIpc) is 2.53. The van der Waals surface area contributed by atoms with E-state index in [0.717, 1.165) is 25.2 Å². The Labute approximate surface area is 148 Å². The van der Waals surface area contributed by atoms with Crippen LogP contribution in [0.1, 0.15) is 52.7 Å². The Hall–Kier alpha value is -1.39. The molecule has 4 nitrogen and oxygen atoms in total. The number of hydrogen-bond acceptors (Lipinski definition) is 3. The minimum atomic E-state index is -0.483. The monoisotopic (exact) mass is 333 g/mol. The van der Waals surface area contributed by atoms with Gasteiger partial charge in [0, 0.05) is 18.6 Å². The summed E-state index contributed by atoms with van der Waals surface area (Å²) < 4.78 is 0. The maximum absolute atomic E-state index is 12.6. The van der Waals surface area contributed by atoms with Crippen molar-refractivity contribution in [3.8, 4) is 0 Å². The van der Waals surface area contributed by atoms with E-state index in [1.165, 1.54) is 5.56 Å². The van der Waals surface area contributed by atoms with Crippen molar-refractivity contribution >= 4 is 5.91 Å². The first-order chi connectivity index (χ1) is 11.3. The summed E-state index contributed by atoms with van der Waals surface area (Å²) in [6.07, 6.45) is 0.584. The quantitative estimate of drug-likeness (QED) is 0.755. The second-order valence-electron chi connectivity index (χ2n) is 7.02. The minimum absolute atomic E-state index is 0.0345. The zero-order chi connectivity index (χ0) is 18.3. The molecule has 0 aliphatic rings. The maximum Gasteiger partial charge on any atom is 0.240 e. The third kappa shape index (κ3) is 5.91. The molecule has 1 amide bonds. The predicted molar refractivity (Wildman–Crippen MR) is 102 cm³/mol. The summed E-state index contributed by atoms with van der Waals surface area (Å²) in [5.74, 6) is 0.0345. The van der Waals surface area contributed by atoms with Crippen LogP contribution in [0.5, 0.6) is 0 Å². The molecule has 4 heteroatoms. The van der Waals surface area contributed by atoms with Crippen LogP contribution in [0.2, 0.25) is 0 Å². The smallest absolute Gasteiger partial charge is 0.240 e. The fourth-order valence-corrected chi connectivity index (χ4v) is 3.12. The van der Waals surface area contributed by atoms with E-state index in [-0.39, 0.29) is 18.0 Å². The van der Waals surface area contributed by atoms with Gasteiger partial charge in [-0.2, -0.15) is 0 Å². The zero-order valence-electron chi connectivity index (χ0n) is 16.2. The van der Waals surface area contributed by atoms with Gasteiger partial charge in [-0.1, -0.05) is 38.1 Å². The van der Waals surface area contributed by atoms with Crippen molar-refractivity contribution < 1.29 is 4.79 Å². The second-order valence-corrected chi connectivity index (χ2v) is 7.02. The number of carbonyl (C=O) groups is 1. The van der Waals surface area contributed by atoms with Crippen LogP contribution in [0.3, 0.4) is 0 Å². The van der Waals surface area contributed by atoms with Crippen molar-refractivity contribution in [1.82, 2.24) is 9.80 Å². The van der Waals surface area contributed by atoms with Gasteiger partial charge in [0.1, 0.15) is 0 Å². The summed E-state index contributed by atoms with van der Waals surface area (Å²) in [6.45, 7) is 15.6. The van der Waals surface area contributed by atoms with Crippen LogP contribution in [0.4, 0.5) is 0 Å². The third-order valence-electron chi connectivity index (χ3n) is 4.46. The molecular weight excluding hydrogens is 298 g/mol. The molecule has 0 aliphatic carbocycles. The molecule has 0 saturated heterocycles. The number of carbonyl (C=O) groups excluding carboxylic acids is 1. The van der Waals surface area contributed by atoms with Crippen molar-refractivity contribution in [2.24, 2.45) is 5.73 Å². The summed E-state index contributed by atoms with van der Waals surface area (Å²) in [4.78, 5) is 16.9. The van der Waals surface area contributed by atoms with E-state index >= 15 is 0 Å². The lowest BCUT2D eigenvalue weighted by Gasteiger charge is -2.33. The standard InChI is InChI=1S/C20H35N3O/c1-7-22(8-2)14-18-11-9-17(10-12-18)13-19(21)20(24)23(15(3)4)16(5)6/h9-12,15-16,19H,7-8,13-14,21H2,1-6H3. The Morgan fingerprint density at radius 2 is 1.42 bits per heavy atom. The molecule has 0 radical (unpaired) electrons. The van der Waals surface area contributed by atoms with E-state index in [1.54, 1.807) is 0 Å². The fraction of sp³-hybridized carbons (Fsp3) is 0.650.